The summed E-state index contributed by atoms with van der Waals surface area (Å²) in [6.45, 7) is 9.63. The maximum absolute atomic E-state index is 12.4. The fourth-order valence-electron chi connectivity index (χ4n) is 3.15. The second-order valence-corrected chi connectivity index (χ2v) is 7.34. The van der Waals surface area contributed by atoms with Crippen LogP contribution in [0.5, 0.6) is 5.75 Å². The van der Waals surface area contributed by atoms with Gasteiger partial charge in [-0.05, 0) is 50.9 Å². The van der Waals surface area contributed by atoms with Crippen LogP contribution >= 0.6 is 0 Å². The zero-order valence-corrected chi connectivity index (χ0v) is 18.1. The number of benzene rings is 1. The molecule has 1 rings (SSSR count). The predicted molar refractivity (Wildman–Crippen MR) is 115 cm³/mol. The van der Waals surface area contributed by atoms with Gasteiger partial charge < -0.3 is 15.4 Å². The zero-order valence-electron chi connectivity index (χ0n) is 18.1. The van der Waals surface area contributed by atoms with Crippen LogP contribution in [0.4, 0.5) is 5.69 Å². The third-order valence-corrected chi connectivity index (χ3v) is 4.80. The van der Waals surface area contributed by atoms with E-state index in [1.807, 2.05) is 25.1 Å². The van der Waals surface area contributed by atoms with Crippen molar-refractivity contribution in [1.29, 1.82) is 0 Å². The van der Waals surface area contributed by atoms with Crippen LogP contribution in [0, 0.1) is 6.92 Å². The molecule has 0 aromatic heterocycles. The van der Waals surface area contributed by atoms with Gasteiger partial charge in [-0.2, -0.15) is 0 Å². The lowest BCUT2D eigenvalue weighted by Crippen LogP contribution is -2.44. The average molecular weight is 392 g/mol. The van der Waals surface area contributed by atoms with Gasteiger partial charge in [0.05, 0.1) is 25.9 Å². The molecule has 1 atom stereocenters. The van der Waals surface area contributed by atoms with Crippen molar-refractivity contribution in [3.05, 3.63) is 23.8 Å². The summed E-state index contributed by atoms with van der Waals surface area (Å²) in [6.07, 6.45) is 5.56. The molecule has 158 valence electrons. The third-order valence-electron chi connectivity index (χ3n) is 4.80. The molecule has 1 aromatic carbocycles. The van der Waals surface area contributed by atoms with Crippen molar-refractivity contribution in [1.82, 2.24) is 10.2 Å². The third kappa shape index (κ3) is 8.74. The molecule has 0 radical (unpaired) electrons. The van der Waals surface area contributed by atoms with Crippen LogP contribution in [-0.2, 0) is 9.59 Å². The van der Waals surface area contributed by atoms with Gasteiger partial charge in [-0.25, -0.2) is 0 Å². The highest BCUT2D eigenvalue weighted by Gasteiger charge is 2.17. The SMILES string of the molecule is CCCCCN(CC(=O)NCC(=O)Nc1cc(C)ccc1OC)C(C)CCC. The molecule has 1 aromatic rings. The number of hydrogen-bond donors (Lipinski definition) is 2. The van der Waals surface area contributed by atoms with E-state index in [4.69, 9.17) is 4.74 Å². The van der Waals surface area contributed by atoms with Crippen LogP contribution in [-0.4, -0.2) is 49.5 Å². The summed E-state index contributed by atoms with van der Waals surface area (Å²) in [5.74, 6) is 0.211. The van der Waals surface area contributed by atoms with Crippen molar-refractivity contribution in [2.75, 3.05) is 32.1 Å². The Bertz CT molecular complexity index is 619. The number of amides is 2. The number of hydrogen-bond acceptors (Lipinski definition) is 4. The molecule has 0 bridgehead atoms. The van der Waals surface area contributed by atoms with Gasteiger partial charge in [-0.1, -0.05) is 39.2 Å². The van der Waals surface area contributed by atoms with Crippen LogP contribution in [0.2, 0.25) is 0 Å². The van der Waals surface area contributed by atoms with Crippen LogP contribution in [0.1, 0.15) is 58.4 Å². The molecule has 1 unspecified atom stereocenters. The van der Waals surface area contributed by atoms with Crippen LogP contribution in [0.25, 0.3) is 0 Å². The number of unbranched alkanes of at least 4 members (excludes halogenated alkanes) is 2. The number of nitrogens with one attached hydrogen (secondary N) is 2. The first kappa shape index (κ1) is 24.0. The minimum atomic E-state index is -0.267. The average Bonchev–Trinajstić information content (AvgIpc) is 2.66. The zero-order chi connectivity index (χ0) is 20.9. The van der Waals surface area contributed by atoms with Crippen molar-refractivity contribution in [2.45, 2.75) is 65.8 Å². The predicted octanol–water partition coefficient (Wildman–Crippen LogP) is 3.74. The van der Waals surface area contributed by atoms with E-state index in [2.05, 4.69) is 36.3 Å². The highest BCUT2D eigenvalue weighted by atomic mass is 16.5. The Morgan fingerprint density at radius 2 is 1.89 bits per heavy atom. The van der Waals surface area contributed by atoms with E-state index in [9.17, 15) is 9.59 Å². The Morgan fingerprint density at radius 1 is 1.14 bits per heavy atom. The monoisotopic (exact) mass is 391 g/mol. The Hall–Kier alpha value is -2.08. The molecule has 2 N–H and O–H groups in total. The molecule has 6 heteroatoms. The van der Waals surface area contributed by atoms with Crippen LogP contribution < -0.4 is 15.4 Å². The van der Waals surface area contributed by atoms with Crippen molar-refractivity contribution < 1.29 is 14.3 Å². The maximum Gasteiger partial charge on any atom is 0.243 e. The summed E-state index contributed by atoms with van der Waals surface area (Å²) >= 11 is 0. The number of carbonyl (C=O) groups is 2. The quantitative estimate of drug-likeness (QED) is 0.503. The molecule has 0 spiro atoms. The molecule has 0 fully saturated rings. The van der Waals surface area contributed by atoms with E-state index in [0.29, 0.717) is 24.0 Å². The summed E-state index contributed by atoms with van der Waals surface area (Å²) in [4.78, 5) is 26.8. The molecule has 0 heterocycles. The van der Waals surface area contributed by atoms with Crippen molar-refractivity contribution in [3.63, 3.8) is 0 Å². The smallest absolute Gasteiger partial charge is 0.243 e. The first-order valence-electron chi connectivity index (χ1n) is 10.4. The lowest BCUT2D eigenvalue weighted by molar-refractivity contribution is -0.125. The highest BCUT2D eigenvalue weighted by molar-refractivity contribution is 5.96. The van der Waals surface area contributed by atoms with Gasteiger partial charge in [0.1, 0.15) is 5.75 Å². The van der Waals surface area contributed by atoms with E-state index >= 15 is 0 Å². The fourth-order valence-corrected chi connectivity index (χ4v) is 3.15. The summed E-state index contributed by atoms with van der Waals surface area (Å²) in [6, 6.07) is 5.94. The molecular weight excluding hydrogens is 354 g/mol. The maximum atomic E-state index is 12.4. The van der Waals surface area contributed by atoms with Crippen LogP contribution in [0.3, 0.4) is 0 Å². The summed E-state index contributed by atoms with van der Waals surface area (Å²) in [7, 11) is 1.56. The van der Waals surface area contributed by atoms with Gasteiger partial charge in [-0.3, -0.25) is 14.5 Å². The van der Waals surface area contributed by atoms with Gasteiger partial charge >= 0.3 is 0 Å². The fraction of sp³-hybridized carbons (Fsp3) is 0.636. The summed E-state index contributed by atoms with van der Waals surface area (Å²) in [5, 5.41) is 5.54. The first-order chi connectivity index (χ1) is 13.4. The Balaban J connectivity index is 2.54. The molecule has 28 heavy (non-hydrogen) atoms. The summed E-state index contributed by atoms with van der Waals surface area (Å²) in [5.41, 5.74) is 1.63. The van der Waals surface area contributed by atoms with E-state index in [-0.39, 0.29) is 18.4 Å². The van der Waals surface area contributed by atoms with Gasteiger partial charge in [0.2, 0.25) is 11.8 Å². The number of ether oxygens (including phenoxy) is 1. The minimum Gasteiger partial charge on any atom is -0.495 e. The Kier molecular flexibility index (Phi) is 11.3. The number of rotatable bonds is 13. The standard InChI is InChI=1S/C22H37N3O3/c1-6-8-9-13-25(18(4)10-7-2)16-22(27)23-15-21(26)24-19-14-17(3)11-12-20(19)28-5/h11-12,14,18H,6-10,13,15-16H2,1-5H3,(H,23,27)(H,24,26). The lowest BCUT2D eigenvalue weighted by Gasteiger charge is -2.28. The molecule has 0 saturated heterocycles. The molecular formula is C22H37N3O3. The number of anilines is 1. The van der Waals surface area contributed by atoms with Crippen molar-refractivity contribution >= 4 is 17.5 Å². The first-order valence-corrected chi connectivity index (χ1v) is 10.4. The molecule has 0 saturated carbocycles. The van der Waals surface area contributed by atoms with Crippen LogP contribution in [0.15, 0.2) is 18.2 Å². The van der Waals surface area contributed by atoms with Crippen molar-refractivity contribution in [3.8, 4) is 5.75 Å². The second kappa shape index (κ2) is 13.2. The minimum absolute atomic E-state index is 0.0547. The van der Waals surface area contributed by atoms with Crippen molar-refractivity contribution in [2.24, 2.45) is 0 Å². The molecule has 2 amide bonds. The topological polar surface area (TPSA) is 70.7 Å². The largest absolute Gasteiger partial charge is 0.495 e. The number of aryl methyl sites for hydroxylation is 1. The normalized spacial score (nSPS) is 11.9. The molecule has 6 nitrogen and oxygen atoms in total. The molecule has 0 aliphatic heterocycles. The van der Waals surface area contributed by atoms with Gasteiger partial charge in [0.15, 0.2) is 0 Å². The molecule has 0 aliphatic carbocycles. The number of methoxy groups -OCH3 is 1. The Labute approximate surface area is 170 Å². The van der Waals surface area contributed by atoms with Gasteiger partial charge in [-0.15, -0.1) is 0 Å². The van der Waals surface area contributed by atoms with E-state index < -0.39 is 0 Å². The van der Waals surface area contributed by atoms with Gasteiger partial charge in [0, 0.05) is 6.04 Å². The highest BCUT2D eigenvalue weighted by Crippen LogP contribution is 2.24. The summed E-state index contributed by atoms with van der Waals surface area (Å²) < 4.78 is 5.27. The lowest BCUT2D eigenvalue weighted by atomic mass is 10.1. The van der Waals surface area contributed by atoms with E-state index in [1.54, 1.807) is 7.11 Å². The van der Waals surface area contributed by atoms with E-state index in [1.165, 1.54) is 0 Å². The number of nitrogens with zero attached hydrogens (tertiary/aromatic N) is 1. The van der Waals surface area contributed by atoms with E-state index in [0.717, 1.165) is 44.2 Å². The second-order valence-electron chi connectivity index (χ2n) is 7.34. The Morgan fingerprint density at radius 3 is 2.54 bits per heavy atom. The number of carbonyl (C=O) groups excluding carboxylic acids is 2. The molecule has 0 aliphatic rings. The van der Waals surface area contributed by atoms with Gasteiger partial charge in [0.25, 0.3) is 0 Å².